The smallest absolute Gasteiger partial charge is 0.328 e. The summed E-state index contributed by atoms with van der Waals surface area (Å²) in [4.78, 5) is 35.2. The molecule has 1 aliphatic heterocycles. The lowest BCUT2D eigenvalue weighted by Crippen LogP contribution is -2.50. The van der Waals surface area contributed by atoms with E-state index in [1.54, 1.807) is 0 Å². The summed E-state index contributed by atoms with van der Waals surface area (Å²) in [5.74, 6) is -1.00. The van der Waals surface area contributed by atoms with Crippen molar-refractivity contribution in [3.05, 3.63) is 33.4 Å². The second-order valence-corrected chi connectivity index (χ2v) is 6.32. The van der Waals surface area contributed by atoms with E-state index in [0.29, 0.717) is 19.3 Å². The molecule has 22 heavy (non-hydrogen) atoms. The molecule has 1 aromatic rings. The van der Waals surface area contributed by atoms with Crippen LogP contribution in [0.2, 0.25) is 0 Å². The van der Waals surface area contributed by atoms with Gasteiger partial charge in [-0.05, 0) is 46.7 Å². The lowest BCUT2D eigenvalue weighted by molar-refractivity contribution is -0.145. The largest absolute Gasteiger partial charge is 0.467 e. The van der Waals surface area contributed by atoms with Crippen molar-refractivity contribution >= 4 is 40.4 Å². The maximum absolute atomic E-state index is 12.1. The van der Waals surface area contributed by atoms with Crippen LogP contribution in [-0.4, -0.2) is 37.0 Å². The molecule has 1 heterocycles. The van der Waals surface area contributed by atoms with Gasteiger partial charge in [0.15, 0.2) is 0 Å². The summed E-state index contributed by atoms with van der Waals surface area (Å²) in [6, 6.07) is 6.33. The number of carbonyl (C=O) groups is 3. The van der Waals surface area contributed by atoms with Crippen molar-refractivity contribution in [1.82, 2.24) is 10.6 Å². The Morgan fingerprint density at radius 3 is 2.86 bits per heavy atom. The molecule has 1 fully saturated rings. The number of esters is 1. The quantitative estimate of drug-likeness (QED) is 0.549. The molecular formula is C15H17IN2O4. The van der Waals surface area contributed by atoms with Gasteiger partial charge in [0.1, 0.15) is 12.1 Å². The Balaban J connectivity index is 2.04. The van der Waals surface area contributed by atoms with E-state index < -0.39 is 18.1 Å². The van der Waals surface area contributed by atoms with Crippen molar-refractivity contribution < 1.29 is 19.1 Å². The van der Waals surface area contributed by atoms with E-state index in [0.717, 1.165) is 9.13 Å². The van der Waals surface area contributed by atoms with Crippen LogP contribution in [0.5, 0.6) is 0 Å². The fraction of sp³-hybridized carbons (Fsp3) is 0.400. The van der Waals surface area contributed by atoms with Gasteiger partial charge in [0.25, 0.3) is 0 Å². The van der Waals surface area contributed by atoms with E-state index >= 15 is 0 Å². The first kappa shape index (κ1) is 16.7. The Morgan fingerprint density at radius 2 is 2.27 bits per heavy atom. The Labute approximate surface area is 142 Å². The normalized spacial score (nSPS) is 18.5. The number of ether oxygens (including phenoxy) is 1. The van der Waals surface area contributed by atoms with Crippen LogP contribution >= 0.6 is 22.6 Å². The van der Waals surface area contributed by atoms with Crippen LogP contribution in [0.25, 0.3) is 0 Å². The van der Waals surface area contributed by atoms with E-state index in [2.05, 4.69) is 33.2 Å². The van der Waals surface area contributed by atoms with Gasteiger partial charge < -0.3 is 15.4 Å². The first-order chi connectivity index (χ1) is 10.5. The molecule has 1 aliphatic rings. The van der Waals surface area contributed by atoms with E-state index in [-0.39, 0.29) is 11.8 Å². The monoisotopic (exact) mass is 416 g/mol. The molecule has 2 N–H and O–H groups in total. The number of benzene rings is 1. The van der Waals surface area contributed by atoms with Gasteiger partial charge in [-0.3, -0.25) is 9.59 Å². The van der Waals surface area contributed by atoms with Gasteiger partial charge in [-0.25, -0.2) is 4.79 Å². The lowest BCUT2D eigenvalue weighted by Gasteiger charge is -2.19. The molecule has 6 nitrogen and oxygen atoms in total. The molecule has 0 aliphatic carbocycles. The standard InChI is InChI=1S/C15H17IN2O4/c1-22-15(21)12(8-9-3-2-4-10(16)7-9)18-14(20)11-5-6-13(19)17-11/h2-4,7,11-12H,5-6,8H2,1H3,(H,17,19)(H,18,20)/t11-,12+/m0/s1. The van der Waals surface area contributed by atoms with Crippen LogP contribution in [0.15, 0.2) is 24.3 Å². The molecule has 0 radical (unpaired) electrons. The summed E-state index contributed by atoms with van der Waals surface area (Å²) >= 11 is 2.19. The Bertz CT molecular complexity index is 591. The molecule has 1 aromatic carbocycles. The number of amides is 2. The molecule has 0 aromatic heterocycles. The second-order valence-electron chi connectivity index (χ2n) is 5.08. The van der Waals surface area contributed by atoms with E-state index in [1.807, 2.05) is 24.3 Å². The van der Waals surface area contributed by atoms with Crippen molar-refractivity contribution in [1.29, 1.82) is 0 Å². The molecular weight excluding hydrogens is 399 g/mol. The number of hydrogen-bond donors (Lipinski definition) is 2. The minimum Gasteiger partial charge on any atom is -0.467 e. The van der Waals surface area contributed by atoms with E-state index in [4.69, 9.17) is 4.74 Å². The van der Waals surface area contributed by atoms with Crippen molar-refractivity contribution in [2.75, 3.05) is 7.11 Å². The van der Waals surface area contributed by atoms with E-state index in [9.17, 15) is 14.4 Å². The van der Waals surface area contributed by atoms with Crippen LogP contribution in [0.3, 0.4) is 0 Å². The van der Waals surface area contributed by atoms with Crippen molar-refractivity contribution in [2.45, 2.75) is 31.3 Å². The van der Waals surface area contributed by atoms with Gasteiger partial charge in [-0.1, -0.05) is 12.1 Å². The predicted molar refractivity (Wildman–Crippen MR) is 88.0 cm³/mol. The number of carbonyl (C=O) groups excluding carboxylic acids is 3. The van der Waals surface area contributed by atoms with Crippen LogP contribution < -0.4 is 10.6 Å². The minimum atomic E-state index is -0.770. The second kappa shape index (κ2) is 7.57. The molecule has 0 bridgehead atoms. The van der Waals surface area contributed by atoms with Crippen molar-refractivity contribution in [2.24, 2.45) is 0 Å². The van der Waals surface area contributed by atoms with Crippen molar-refractivity contribution in [3.8, 4) is 0 Å². The third-order valence-electron chi connectivity index (χ3n) is 3.44. The highest BCUT2D eigenvalue weighted by molar-refractivity contribution is 14.1. The highest BCUT2D eigenvalue weighted by Crippen LogP contribution is 2.12. The molecule has 118 valence electrons. The summed E-state index contributed by atoms with van der Waals surface area (Å²) in [6.07, 6.45) is 1.12. The Hall–Kier alpha value is -1.64. The number of rotatable bonds is 5. The molecule has 7 heteroatoms. The zero-order valence-corrected chi connectivity index (χ0v) is 14.3. The maximum atomic E-state index is 12.1. The van der Waals surface area contributed by atoms with Gasteiger partial charge in [-0.2, -0.15) is 0 Å². The van der Waals surface area contributed by atoms with Gasteiger partial charge >= 0.3 is 5.97 Å². The summed E-state index contributed by atoms with van der Waals surface area (Å²) in [5.41, 5.74) is 0.929. The molecule has 0 unspecified atom stereocenters. The van der Waals surface area contributed by atoms with E-state index in [1.165, 1.54) is 7.11 Å². The minimum absolute atomic E-state index is 0.146. The molecule has 1 saturated heterocycles. The zero-order chi connectivity index (χ0) is 16.1. The predicted octanol–water partition coefficient (Wildman–Crippen LogP) is 0.770. The molecule has 2 amide bonds. The van der Waals surface area contributed by atoms with Crippen LogP contribution in [-0.2, 0) is 25.5 Å². The van der Waals surface area contributed by atoms with Gasteiger partial charge in [-0.15, -0.1) is 0 Å². The first-order valence-electron chi connectivity index (χ1n) is 6.91. The Kier molecular flexibility index (Phi) is 5.76. The van der Waals surface area contributed by atoms with Gasteiger partial charge in [0.05, 0.1) is 7.11 Å². The summed E-state index contributed by atoms with van der Waals surface area (Å²) in [5, 5.41) is 5.25. The molecule has 0 saturated carbocycles. The van der Waals surface area contributed by atoms with Gasteiger partial charge in [0.2, 0.25) is 11.8 Å². The van der Waals surface area contributed by atoms with Crippen LogP contribution in [0.4, 0.5) is 0 Å². The number of hydrogen-bond acceptors (Lipinski definition) is 4. The Morgan fingerprint density at radius 1 is 1.50 bits per heavy atom. The molecule has 2 rings (SSSR count). The number of halogens is 1. The van der Waals surface area contributed by atoms with Crippen molar-refractivity contribution in [3.63, 3.8) is 0 Å². The maximum Gasteiger partial charge on any atom is 0.328 e. The third kappa shape index (κ3) is 4.43. The van der Waals surface area contributed by atoms with Gasteiger partial charge in [0, 0.05) is 16.4 Å². The van der Waals surface area contributed by atoms with Crippen LogP contribution in [0, 0.1) is 3.57 Å². The van der Waals surface area contributed by atoms with Crippen LogP contribution in [0.1, 0.15) is 18.4 Å². The highest BCUT2D eigenvalue weighted by atomic mass is 127. The SMILES string of the molecule is COC(=O)[C@@H](Cc1cccc(I)c1)NC(=O)[C@@H]1CCC(=O)N1. The summed E-state index contributed by atoms with van der Waals surface area (Å²) in [6.45, 7) is 0. The lowest BCUT2D eigenvalue weighted by atomic mass is 10.1. The zero-order valence-electron chi connectivity index (χ0n) is 12.1. The first-order valence-corrected chi connectivity index (χ1v) is 7.99. The number of nitrogens with one attached hydrogen (secondary N) is 2. The fourth-order valence-electron chi connectivity index (χ4n) is 2.32. The topological polar surface area (TPSA) is 84.5 Å². The number of methoxy groups -OCH3 is 1. The molecule has 0 spiro atoms. The summed E-state index contributed by atoms with van der Waals surface area (Å²) in [7, 11) is 1.29. The third-order valence-corrected chi connectivity index (χ3v) is 4.11. The average molecular weight is 416 g/mol. The highest BCUT2D eigenvalue weighted by Gasteiger charge is 2.30. The molecule has 2 atom stereocenters. The fourth-order valence-corrected chi connectivity index (χ4v) is 2.93. The average Bonchev–Trinajstić information content (AvgIpc) is 2.92. The summed E-state index contributed by atoms with van der Waals surface area (Å²) < 4.78 is 5.81.